The zero-order valence-corrected chi connectivity index (χ0v) is 17.4. The number of nitrogens with one attached hydrogen (secondary N) is 2. The third-order valence-corrected chi connectivity index (χ3v) is 5.01. The number of para-hydroxylation sites is 1. The number of carbonyl (C=O) groups is 1. The molecule has 1 heterocycles. The third kappa shape index (κ3) is 4.85. The van der Waals surface area contributed by atoms with Crippen LogP contribution in [0.4, 0.5) is 11.4 Å². The molecule has 4 aromatic rings. The summed E-state index contributed by atoms with van der Waals surface area (Å²) in [7, 11) is 0. The Balaban J connectivity index is 1.41. The molecule has 0 spiro atoms. The van der Waals surface area contributed by atoms with Gasteiger partial charge in [-0.1, -0.05) is 48.5 Å². The van der Waals surface area contributed by atoms with Gasteiger partial charge in [0.25, 0.3) is 0 Å². The predicted octanol–water partition coefficient (Wildman–Crippen LogP) is 3.91. The van der Waals surface area contributed by atoms with Crippen LogP contribution in [0.5, 0.6) is 0 Å². The molecule has 32 heavy (non-hydrogen) atoms. The van der Waals surface area contributed by atoms with E-state index in [1.165, 1.54) is 0 Å². The number of anilines is 2. The second-order valence-electron chi connectivity index (χ2n) is 7.42. The Labute approximate surface area is 185 Å². The van der Waals surface area contributed by atoms with Crippen molar-refractivity contribution in [2.24, 2.45) is 5.73 Å². The molecule has 0 aliphatic heterocycles. The molecule has 0 aliphatic carbocycles. The lowest BCUT2D eigenvalue weighted by atomic mass is 10.0. The van der Waals surface area contributed by atoms with Crippen LogP contribution in [0.3, 0.4) is 0 Å². The van der Waals surface area contributed by atoms with Crippen molar-refractivity contribution in [3.05, 3.63) is 95.7 Å². The third-order valence-electron chi connectivity index (χ3n) is 5.01. The molecule has 0 fully saturated rings. The molecular weight excluding hydrogens is 404 g/mol. The van der Waals surface area contributed by atoms with E-state index >= 15 is 0 Å². The summed E-state index contributed by atoms with van der Waals surface area (Å²) < 4.78 is 11.3. The van der Waals surface area contributed by atoms with Crippen LogP contribution in [0.25, 0.3) is 11.0 Å². The van der Waals surface area contributed by atoms with E-state index in [-0.39, 0.29) is 18.2 Å². The summed E-state index contributed by atoms with van der Waals surface area (Å²) >= 11 is 0. The van der Waals surface area contributed by atoms with E-state index in [4.69, 9.17) is 26.0 Å². The van der Waals surface area contributed by atoms with Crippen molar-refractivity contribution in [3.8, 4) is 0 Å². The summed E-state index contributed by atoms with van der Waals surface area (Å²) in [5, 5.41) is 12.2. The minimum Gasteiger partial charge on any atom is -0.454 e. The lowest BCUT2D eigenvalue weighted by molar-refractivity contribution is -0.118. The molecule has 0 saturated carbocycles. The number of rotatable bonds is 8. The number of hydrogen-bond acceptors (Lipinski definition) is 6. The van der Waals surface area contributed by atoms with E-state index in [0.717, 1.165) is 10.9 Å². The van der Waals surface area contributed by atoms with Crippen molar-refractivity contribution in [1.82, 2.24) is 0 Å². The number of ether oxygens (including phenoxy) is 1. The topological polar surface area (TPSA) is 127 Å². The molecule has 0 unspecified atom stereocenters. The monoisotopic (exact) mass is 428 g/mol. The highest BCUT2D eigenvalue weighted by molar-refractivity contribution is 6.14. The summed E-state index contributed by atoms with van der Waals surface area (Å²) in [6.07, 6.45) is 0. The van der Waals surface area contributed by atoms with Gasteiger partial charge in [0.05, 0.1) is 13.2 Å². The summed E-state index contributed by atoms with van der Waals surface area (Å²) in [5.74, 6) is 0.0106. The molecule has 1 atom stereocenters. The molecule has 0 aliphatic rings. The van der Waals surface area contributed by atoms with Gasteiger partial charge in [-0.05, 0) is 35.9 Å². The Kier molecular flexibility index (Phi) is 6.30. The van der Waals surface area contributed by atoms with Crippen LogP contribution in [0.1, 0.15) is 16.9 Å². The van der Waals surface area contributed by atoms with Gasteiger partial charge in [-0.15, -0.1) is 0 Å². The first kappa shape index (κ1) is 21.3. The Morgan fingerprint density at radius 3 is 2.56 bits per heavy atom. The standard InChI is InChI=1S/C25H24N4O3/c26-20-11-10-18(29-25(30)21(27)15-31-14-16-6-2-1-3-7-16)13-19(20)24(28)23-12-17-8-4-5-9-22(17)32-23/h1-13,21,28H,14-15,26-27H2,(H,29,30)/t21-/m1/s1. The fourth-order valence-corrected chi connectivity index (χ4v) is 3.28. The quantitative estimate of drug-likeness (QED) is 0.250. The lowest BCUT2D eigenvalue weighted by Crippen LogP contribution is -2.39. The van der Waals surface area contributed by atoms with Gasteiger partial charge in [-0.3, -0.25) is 10.2 Å². The minimum absolute atomic E-state index is 0.0807. The van der Waals surface area contributed by atoms with Crippen molar-refractivity contribution in [2.45, 2.75) is 12.6 Å². The van der Waals surface area contributed by atoms with E-state index in [9.17, 15) is 4.79 Å². The maximum absolute atomic E-state index is 12.5. The molecule has 7 nitrogen and oxygen atoms in total. The van der Waals surface area contributed by atoms with E-state index in [1.807, 2.05) is 54.6 Å². The smallest absolute Gasteiger partial charge is 0.243 e. The Hall–Kier alpha value is -3.94. The molecule has 162 valence electrons. The number of benzene rings is 3. The van der Waals surface area contributed by atoms with E-state index in [2.05, 4.69) is 5.32 Å². The summed E-state index contributed by atoms with van der Waals surface area (Å²) in [6, 6.07) is 23.1. The van der Waals surface area contributed by atoms with Crippen LogP contribution >= 0.6 is 0 Å². The largest absolute Gasteiger partial charge is 0.454 e. The van der Waals surface area contributed by atoms with Crippen LogP contribution in [0.15, 0.2) is 83.3 Å². The van der Waals surface area contributed by atoms with Gasteiger partial charge in [-0.2, -0.15) is 0 Å². The Bertz CT molecular complexity index is 1220. The number of amides is 1. The van der Waals surface area contributed by atoms with Crippen molar-refractivity contribution >= 4 is 34.0 Å². The van der Waals surface area contributed by atoms with Gasteiger partial charge in [0.15, 0.2) is 5.76 Å². The van der Waals surface area contributed by atoms with E-state index < -0.39 is 6.04 Å². The highest BCUT2D eigenvalue weighted by atomic mass is 16.5. The Morgan fingerprint density at radius 2 is 1.78 bits per heavy atom. The van der Waals surface area contributed by atoms with E-state index in [0.29, 0.717) is 34.9 Å². The number of nitrogen functional groups attached to an aromatic ring is 1. The highest BCUT2D eigenvalue weighted by Gasteiger charge is 2.17. The molecule has 1 amide bonds. The lowest BCUT2D eigenvalue weighted by Gasteiger charge is -2.14. The van der Waals surface area contributed by atoms with Crippen LogP contribution in [0, 0.1) is 5.41 Å². The first-order chi connectivity index (χ1) is 15.5. The van der Waals surface area contributed by atoms with Gasteiger partial charge < -0.3 is 25.9 Å². The number of fused-ring (bicyclic) bond motifs is 1. The predicted molar refractivity (Wildman–Crippen MR) is 126 cm³/mol. The molecule has 4 rings (SSSR count). The van der Waals surface area contributed by atoms with Gasteiger partial charge in [0, 0.05) is 22.3 Å². The molecule has 0 bridgehead atoms. The average Bonchev–Trinajstić information content (AvgIpc) is 3.25. The first-order valence-electron chi connectivity index (χ1n) is 10.2. The van der Waals surface area contributed by atoms with Crippen LogP contribution in [-0.4, -0.2) is 24.3 Å². The number of hydrogen-bond donors (Lipinski definition) is 4. The first-order valence-corrected chi connectivity index (χ1v) is 10.2. The zero-order chi connectivity index (χ0) is 22.5. The van der Waals surface area contributed by atoms with Gasteiger partial charge in [-0.25, -0.2) is 0 Å². The maximum Gasteiger partial charge on any atom is 0.243 e. The van der Waals surface area contributed by atoms with Crippen LogP contribution < -0.4 is 16.8 Å². The second-order valence-corrected chi connectivity index (χ2v) is 7.42. The molecule has 0 saturated heterocycles. The normalized spacial score (nSPS) is 11.9. The van der Waals surface area contributed by atoms with Crippen molar-refractivity contribution in [3.63, 3.8) is 0 Å². The number of nitrogens with two attached hydrogens (primary N) is 2. The second kappa shape index (κ2) is 9.47. The van der Waals surface area contributed by atoms with Crippen LogP contribution in [-0.2, 0) is 16.1 Å². The molecule has 3 aromatic carbocycles. The fraction of sp³-hybridized carbons (Fsp3) is 0.120. The number of carbonyl (C=O) groups excluding carboxylic acids is 1. The van der Waals surface area contributed by atoms with E-state index in [1.54, 1.807) is 24.3 Å². The number of furan rings is 1. The van der Waals surface area contributed by atoms with Crippen molar-refractivity contribution in [2.75, 3.05) is 17.7 Å². The van der Waals surface area contributed by atoms with Crippen molar-refractivity contribution in [1.29, 1.82) is 5.41 Å². The van der Waals surface area contributed by atoms with Crippen LogP contribution in [0.2, 0.25) is 0 Å². The summed E-state index contributed by atoms with van der Waals surface area (Å²) in [4.78, 5) is 12.5. The molecule has 0 radical (unpaired) electrons. The van der Waals surface area contributed by atoms with Gasteiger partial charge in [0.2, 0.25) is 5.91 Å². The van der Waals surface area contributed by atoms with Crippen molar-refractivity contribution < 1.29 is 13.9 Å². The summed E-state index contributed by atoms with van der Waals surface area (Å²) in [6.45, 7) is 0.458. The SMILES string of the molecule is N=C(c1cc2ccccc2o1)c1cc(NC(=O)[C@H](N)COCc2ccccc2)ccc1N. The van der Waals surface area contributed by atoms with Gasteiger partial charge in [0.1, 0.15) is 17.3 Å². The highest BCUT2D eigenvalue weighted by Crippen LogP contribution is 2.25. The summed E-state index contributed by atoms with van der Waals surface area (Å²) in [5.41, 5.74) is 15.2. The molecular formula is C25H24N4O3. The Morgan fingerprint density at radius 1 is 1.03 bits per heavy atom. The van der Waals surface area contributed by atoms with Gasteiger partial charge >= 0.3 is 0 Å². The minimum atomic E-state index is -0.838. The molecule has 6 N–H and O–H groups in total. The fourth-order valence-electron chi connectivity index (χ4n) is 3.28. The zero-order valence-electron chi connectivity index (χ0n) is 17.4. The molecule has 7 heteroatoms. The molecule has 1 aromatic heterocycles. The maximum atomic E-state index is 12.5. The average molecular weight is 428 g/mol.